The summed E-state index contributed by atoms with van der Waals surface area (Å²) < 4.78 is 11.9. The van der Waals surface area contributed by atoms with E-state index in [1.54, 1.807) is 24.1 Å². The SMILES string of the molecule is CCCCC(OCc1ccc(C(=O)NC(CCSC)C(=O)O)c(-c2ccccc2C)c1)c1ccco1.[H-].[Li+]. The maximum absolute atomic E-state index is 13.3. The van der Waals surface area contributed by atoms with E-state index in [9.17, 15) is 14.7 Å². The van der Waals surface area contributed by atoms with Crippen LogP contribution in [0.3, 0.4) is 0 Å². The van der Waals surface area contributed by atoms with Crippen molar-refractivity contribution in [3.8, 4) is 11.1 Å². The molecule has 37 heavy (non-hydrogen) atoms. The number of aryl methyl sites for hydroxylation is 1. The molecule has 0 aliphatic carbocycles. The molecule has 3 rings (SSSR count). The van der Waals surface area contributed by atoms with Crippen molar-refractivity contribution in [1.82, 2.24) is 5.32 Å². The van der Waals surface area contributed by atoms with Crippen LogP contribution in [-0.4, -0.2) is 35.0 Å². The molecule has 1 heterocycles. The standard InChI is InChI=1S/C29H35NO5S.Li.H/c1-4-5-11-27(26-12-8-16-34-26)35-19-21-13-14-23(24(18-21)22-10-7-6-9-20(22)2)28(31)30-25(29(32)33)15-17-36-3;;/h6-10,12-14,16,18,25,27H,4-5,11,15,17,19H2,1-3H3,(H,30,31)(H,32,33);;/q;+1;-1. The van der Waals surface area contributed by atoms with Crippen LogP contribution in [0.2, 0.25) is 0 Å². The number of aliphatic carboxylic acids is 1. The van der Waals surface area contributed by atoms with Gasteiger partial charge < -0.3 is 21.0 Å². The first-order valence-electron chi connectivity index (χ1n) is 12.3. The topological polar surface area (TPSA) is 88.8 Å². The van der Waals surface area contributed by atoms with Gasteiger partial charge in [0.1, 0.15) is 17.9 Å². The van der Waals surface area contributed by atoms with Gasteiger partial charge in [-0.05, 0) is 78.3 Å². The number of unbranched alkanes of at least 4 members (excludes halogenated alkanes) is 1. The third kappa shape index (κ3) is 8.82. The number of ether oxygens (including phenoxy) is 1. The third-order valence-corrected chi connectivity index (χ3v) is 6.75. The van der Waals surface area contributed by atoms with E-state index >= 15 is 0 Å². The Hall–Kier alpha value is -2.43. The fourth-order valence-corrected chi connectivity index (χ4v) is 4.55. The number of carbonyl (C=O) groups excluding carboxylic acids is 1. The molecule has 194 valence electrons. The van der Waals surface area contributed by atoms with Crippen molar-refractivity contribution in [3.05, 3.63) is 83.3 Å². The Kier molecular flexibility index (Phi) is 13.1. The number of benzene rings is 2. The molecule has 2 N–H and O–H groups in total. The van der Waals surface area contributed by atoms with E-state index < -0.39 is 17.9 Å². The van der Waals surface area contributed by atoms with Crippen LogP contribution in [0.4, 0.5) is 0 Å². The fraction of sp³-hybridized carbons (Fsp3) is 0.379. The second-order valence-corrected chi connectivity index (χ2v) is 9.78. The molecule has 0 radical (unpaired) electrons. The van der Waals surface area contributed by atoms with Gasteiger partial charge in [-0.25, -0.2) is 4.79 Å². The molecule has 0 bridgehead atoms. The number of hydrogen-bond donors (Lipinski definition) is 2. The average molecular weight is 518 g/mol. The summed E-state index contributed by atoms with van der Waals surface area (Å²) in [6, 6.07) is 16.3. The van der Waals surface area contributed by atoms with Crippen LogP contribution in [0.1, 0.15) is 67.4 Å². The normalized spacial score (nSPS) is 12.4. The van der Waals surface area contributed by atoms with Gasteiger partial charge in [-0.2, -0.15) is 11.8 Å². The summed E-state index contributed by atoms with van der Waals surface area (Å²) in [6.45, 7) is 4.51. The first-order valence-corrected chi connectivity index (χ1v) is 13.7. The zero-order valence-corrected chi connectivity index (χ0v) is 23.0. The molecule has 2 unspecified atom stereocenters. The second kappa shape index (κ2) is 15.7. The van der Waals surface area contributed by atoms with Crippen molar-refractivity contribution >= 4 is 23.6 Å². The quantitative estimate of drug-likeness (QED) is 0.317. The summed E-state index contributed by atoms with van der Waals surface area (Å²) >= 11 is 1.55. The molecule has 0 fully saturated rings. The number of carbonyl (C=O) groups is 2. The molecular weight excluding hydrogens is 481 g/mol. The van der Waals surface area contributed by atoms with Crippen LogP contribution in [0.15, 0.2) is 65.3 Å². The Bertz CT molecular complexity index is 1140. The Morgan fingerprint density at radius 1 is 1.11 bits per heavy atom. The van der Waals surface area contributed by atoms with E-state index in [2.05, 4.69) is 12.2 Å². The molecule has 0 spiro atoms. The minimum absolute atomic E-state index is 0. The van der Waals surface area contributed by atoms with Crippen LogP contribution < -0.4 is 24.2 Å². The van der Waals surface area contributed by atoms with Gasteiger partial charge in [0, 0.05) is 5.56 Å². The minimum atomic E-state index is -1.03. The van der Waals surface area contributed by atoms with Gasteiger partial charge in [-0.15, -0.1) is 0 Å². The van der Waals surface area contributed by atoms with Crippen molar-refractivity contribution in [3.63, 3.8) is 0 Å². The van der Waals surface area contributed by atoms with Crippen molar-refractivity contribution in [2.45, 2.75) is 58.3 Å². The Morgan fingerprint density at radius 2 is 1.89 bits per heavy atom. The first kappa shape index (κ1) is 30.8. The van der Waals surface area contributed by atoms with Crippen LogP contribution in [0.5, 0.6) is 0 Å². The van der Waals surface area contributed by atoms with Crippen LogP contribution in [0, 0.1) is 6.92 Å². The summed E-state index contributed by atoms with van der Waals surface area (Å²) in [5, 5.41) is 12.3. The summed E-state index contributed by atoms with van der Waals surface area (Å²) in [7, 11) is 0. The van der Waals surface area contributed by atoms with Crippen molar-refractivity contribution in [2.75, 3.05) is 12.0 Å². The van der Waals surface area contributed by atoms with E-state index in [-0.39, 0.29) is 26.4 Å². The maximum atomic E-state index is 13.3. The summed E-state index contributed by atoms with van der Waals surface area (Å²) in [6.07, 6.45) is 6.75. The molecule has 6 nitrogen and oxygen atoms in total. The molecular formula is C29H36LiNO5S. The van der Waals surface area contributed by atoms with Crippen molar-refractivity contribution in [1.29, 1.82) is 0 Å². The van der Waals surface area contributed by atoms with Gasteiger partial charge in [0.25, 0.3) is 5.91 Å². The maximum Gasteiger partial charge on any atom is 1.00 e. The van der Waals surface area contributed by atoms with Gasteiger partial charge in [0.15, 0.2) is 0 Å². The molecule has 0 aliphatic heterocycles. The van der Waals surface area contributed by atoms with E-state index in [0.29, 0.717) is 24.3 Å². The zero-order chi connectivity index (χ0) is 25.9. The van der Waals surface area contributed by atoms with Crippen LogP contribution in [-0.2, 0) is 16.1 Å². The largest absolute Gasteiger partial charge is 1.00 e. The zero-order valence-electron chi connectivity index (χ0n) is 23.2. The van der Waals surface area contributed by atoms with E-state index in [1.807, 2.05) is 61.7 Å². The second-order valence-electron chi connectivity index (χ2n) is 8.80. The minimum Gasteiger partial charge on any atom is -1.00 e. The molecule has 1 aromatic heterocycles. The van der Waals surface area contributed by atoms with Gasteiger partial charge >= 0.3 is 24.8 Å². The van der Waals surface area contributed by atoms with Crippen molar-refractivity contribution < 1.29 is 44.1 Å². The number of carboxylic acids is 1. The fourth-order valence-electron chi connectivity index (χ4n) is 4.07. The van der Waals surface area contributed by atoms with E-state index in [4.69, 9.17) is 9.15 Å². The van der Waals surface area contributed by atoms with Gasteiger partial charge in [-0.1, -0.05) is 50.1 Å². The molecule has 0 aliphatic rings. The Balaban J connectivity index is 0.00000361. The molecule has 8 heteroatoms. The predicted octanol–water partition coefficient (Wildman–Crippen LogP) is 3.76. The smallest absolute Gasteiger partial charge is 1.00 e. The summed E-state index contributed by atoms with van der Waals surface area (Å²) in [5.41, 5.74) is 4.07. The monoisotopic (exact) mass is 517 g/mol. The molecule has 1 amide bonds. The first-order chi connectivity index (χ1) is 17.4. The number of carboxylic acid groups (broad SMARTS) is 1. The number of hydrogen-bond acceptors (Lipinski definition) is 5. The molecule has 3 aromatic rings. The molecule has 0 saturated heterocycles. The van der Waals surface area contributed by atoms with Crippen LogP contribution >= 0.6 is 11.8 Å². The molecule has 2 aromatic carbocycles. The average Bonchev–Trinajstić information content (AvgIpc) is 3.41. The number of amides is 1. The van der Waals surface area contributed by atoms with Crippen LogP contribution in [0.25, 0.3) is 11.1 Å². The number of nitrogens with one attached hydrogen (secondary N) is 1. The predicted molar refractivity (Wildman–Crippen MR) is 145 cm³/mol. The van der Waals surface area contributed by atoms with E-state index in [0.717, 1.165) is 47.3 Å². The number of rotatable bonds is 14. The summed E-state index contributed by atoms with van der Waals surface area (Å²) in [4.78, 5) is 25.0. The summed E-state index contributed by atoms with van der Waals surface area (Å²) in [5.74, 6) is 0.0256. The van der Waals surface area contributed by atoms with Crippen molar-refractivity contribution in [2.24, 2.45) is 0 Å². The molecule has 0 saturated carbocycles. The van der Waals surface area contributed by atoms with Gasteiger partial charge in [-0.3, -0.25) is 4.79 Å². The number of thioether (sulfide) groups is 1. The van der Waals surface area contributed by atoms with Gasteiger partial charge in [0.2, 0.25) is 0 Å². The molecule has 2 atom stereocenters. The third-order valence-electron chi connectivity index (χ3n) is 6.11. The Morgan fingerprint density at radius 3 is 2.54 bits per heavy atom. The van der Waals surface area contributed by atoms with Gasteiger partial charge in [0.05, 0.1) is 12.9 Å². The number of furan rings is 1. The van der Waals surface area contributed by atoms with E-state index in [1.165, 1.54) is 0 Å². The Labute approximate surface area is 237 Å².